The van der Waals surface area contributed by atoms with Gasteiger partial charge in [0.15, 0.2) is 5.60 Å². The van der Waals surface area contributed by atoms with Crippen LogP contribution in [0.5, 0.6) is 11.5 Å². The number of aliphatic hydroxyl groups is 3. The van der Waals surface area contributed by atoms with Crippen LogP contribution < -0.4 is 38.7 Å². The predicted molar refractivity (Wildman–Crippen MR) is 106 cm³/mol. The monoisotopic (exact) mass is 481 g/mol. The molecule has 0 aliphatic heterocycles. The number of benzene rings is 2. The minimum atomic E-state index is -3.16. The molecule has 0 spiro atoms. The van der Waals surface area contributed by atoms with Gasteiger partial charge in [0, 0.05) is 37.9 Å². The normalized spacial score (nSPS) is 31.8. The maximum absolute atomic E-state index is 11.2. The van der Waals surface area contributed by atoms with Crippen LogP contribution in [0.1, 0.15) is 16.7 Å². The summed E-state index contributed by atoms with van der Waals surface area (Å²) in [6.07, 6.45) is 0. The van der Waals surface area contributed by atoms with Crippen LogP contribution in [0, 0.1) is 6.07 Å². The minimum Gasteiger partial charge on any atom is -0.516 e. The topological polar surface area (TPSA) is 221 Å². The van der Waals surface area contributed by atoms with E-state index in [0.29, 0.717) is 5.69 Å². The molecule has 2 aromatic rings. The largest absolute Gasteiger partial charge is 0.516 e. The minimum absolute atomic E-state index is 0. The van der Waals surface area contributed by atoms with E-state index in [1.165, 1.54) is 38.4 Å². The Labute approximate surface area is 191 Å². The molecule has 0 heterocycles. The molecule has 0 radical (unpaired) electrons. The van der Waals surface area contributed by atoms with Gasteiger partial charge in [-0.25, -0.2) is 0 Å². The molecule has 2 aliphatic rings. The smallest absolute Gasteiger partial charge is 0.249 e. The van der Waals surface area contributed by atoms with E-state index in [-0.39, 0.29) is 47.7 Å². The first-order chi connectivity index (χ1) is 13.8. The van der Waals surface area contributed by atoms with Crippen molar-refractivity contribution >= 4 is 5.69 Å². The second-order valence-electron chi connectivity index (χ2n) is 7.72. The molecule has 0 amide bonds. The van der Waals surface area contributed by atoms with Crippen molar-refractivity contribution in [2.75, 3.05) is 19.9 Å². The molecule has 0 aromatic heterocycles. The van der Waals surface area contributed by atoms with E-state index in [2.05, 4.69) is 11.4 Å². The molecule has 3 atom stereocenters. The van der Waals surface area contributed by atoms with Crippen LogP contribution in [0.3, 0.4) is 0 Å². The second-order valence-corrected chi connectivity index (χ2v) is 7.72. The SMILES string of the molecule is CNC1(N)C(N)(N)c2ccc(Oc3c[c-]cc(N)c3)c3c2[C@]1(OC)C(O)(O)[C@@]3(N)O.[Zn]. The summed E-state index contributed by atoms with van der Waals surface area (Å²) in [4.78, 5) is 0. The Balaban J connectivity index is 0.00000272. The number of ether oxygens (including phenoxy) is 2. The predicted octanol–water partition coefficient (Wildman–Crippen LogP) is -2.54. The Bertz CT molecular complexity index is 1050. The summed E-state index contributed by atoms with van der Waals surface area (Å²) in [6, 6.07) is 10.3. The number of methoxy groups -OCH3 is 1. The summed E-state index contributed by atoms with van der Waals surface area (Å²) < 4.78 is 11.4. The summed E-state index contributed by atoms with van der Waals surface area (Å²) in [5.41, 5.74) is 22.6. The Kier molecular flexibility index (Phi) is 5.33. The van der Waals surface area contributed by atoms with Crippen LogP contribution in [0.2, 0.25) is 0 Å². The molecule has 0 saturated heterocycles. The number of likely N-dealkylation sites (N-methyl/N-ethyl adjacent to an activating group) is 1. The fourth-order valence-electron chi connectivity index (χ4n) is 4.79. The molecule has 11 nitrogen and oxygen atoms in total. The van der Waals surface area contributed by atoms with E-state index in [1.807, 2.05) is 0 Å². The molecule has 2 aliphatic carbocycles. The van der Waals surface area contributed by atoms with Crippen molar-refractivity contribution in [3.63, 3.8) is 0 Å². The van der Waals surface area contributed by atoms with Gasteiger partial charge in [-0.05, 0) is 18.7 Å². The van der Waals surface area contributed by atoms with Gasteiger partial charge in [0.1, 0.15) is 17.1 Å². The van der Waals surface area contributed by atoms with Gasteiger partial charge in [0.05, 0.1) is 5.56 Å². The van der Waals surface area contributed by atoms with Crippen molar-refractivity contribution in [2.45, 2.75) is 28.4 Å². The van der Waals surface area contributed by atoms with Crippen LogP contribution in [0.4, 0.5) is 5.69 Å². The summed E-state index contributed by atoms with van der Waals surface area (Å²) >= 11 is 0. The number of hydrogen-bond donors (Lipinski definition) is 9. The van der Waals surface area contributed by atoms with E-state index in [0.717, 1.165) is 0 Å². The molecule has 4 rings (SSSR count). The number of nitrogen functional groups attached to an aromatic ring is 1. The first-order valence-electron chi connectivity index (χ1n) is 9.03. The zero-order valence-electron chi connectivity index (χ0n) is 17.1. The summed E-state index contributed by atoms with van der Waals surface area (Å²) in [5, 5.41) is 36.2. The maximum atomic E-state index is 11.2. The number of nitrogens with two attached hydrogens (primary N) is 5. The van der Waals surface area contributed by atoms with Crippen molar-refractivity contribution in [1.82, 2.24) is 5.32 Å². The average molecular weight is 483 g/mol. The molecule has 12 heteroatoms. The van der Waals surface area contributed by atoms with E-state index < -0.39 is 28.4 Å². The molecule has 0 fully saturated rings. The third-order valence-corrected chi connectivity index (χ3v) is 6.29. The molecule has 14 N–H and O–H groups in total. The molecular formula is C19H25N6O5Zn-. The van der Waals surface area contributed by atoms with Crippen molar-refractivity contribution in [2.24, 2.45) is 22.9 Å². The fraction of sp³-hybridized carbons (Fsp3) is 0.368. The molecular weight excluding hydrogens is 458 g/mol. The van der Waals surface area contributed by atoms with Gasteiger partial charge in [-0.1, -0.05) is 11.8 Å². The van der Waals surface area contributed by atoms with Crippen molar-refractivity contribution in [3.05, 3.63) is 53.1 Å². The van der Waals surface area contributed by atoms with Gasteiger partial charge in [-0.15, -0.1) is 12.1 Å². The zero-order chi connectivity index (χ0) is 22.3. The van der Waals surface area contributed by atoms with Crippen molar-refractivity contribution in [1.29, 1.82) is 0 Å². The Hall–Kier alpha value is -1.70. The molecule has 31 heavy (non-hydrogen) atoms. The number of rotatable bonds is 4. The third kappa shape index (κ3) is 2.46. The Morgan fingerprint density at radius 1 is 1.03 bits per heavy atom. The first-order valence-corrected chi connectivity index (χ1v) is 9.03. The maximum Gasteiger partial charge on any atom is 0.249 e. The van der Waals surface area contributed by atoms with Gasteiger partial charge in [0.25, 0.3) is 0 Å². The first kappa shape index (κ1) is 24.0. The number of hydrogen-bond acceptors (Lipinski definition) is 11. The quantitative estimate of drug-likeness (QED) is 0.0955. The zero-order valence-corrected chi connectivity index (χ0v) is 20.1. The van der Waals surface area contributed by atoms with Crippen LogP contribution in [0.15, 0.2) is 30.3 Å². The van der Waals surface area contributed by atoms with Crippen molar-refractivity contribution in [3.8, 4) is 11.5 Å². The van der Waals surface area contributed by atoms with Gasteiger partial charge in [-0.3, -0.25) is 11.1 Å². The van der Waals surface area contributed by atoms with Gasteiger partial charge in [-0.2, -0.15) is 12.1 Å². The molecule has 2 aromatic carbocycles. The average Bonchev–Trinajstić information content (AvgIpc) is 2.92. The van der Waals surface area contributed by atoms with Gasteiger partial charge < -0.3 is 47.7 Å². The van der Waals surface area contributed by atoms with Crippen LogP contribution in [-0.2, 0) is 41.2 Å². The molecule has 0 bridgehead atoms. The van der Waals surface area contributed by atoms with Crippen LogP contribution in [-0.4, -0.2) is 40.9 Å². The standard InChI is InChI=1S/C19H25N6O5.Zn/c1-25-18(24)15(29-2)13-11(16(18,21)22)6-7-12(14(13)17(23,26)19(15,27)28)30-10-5-3-4-9(20)8-10;/h4-8,25-28H,20-24H2,1-2H3;/q-1;/t15-,17+,18?;/m1./s1. The van der Waals surface area contributed by atoms with Crippen molar-refractivity contribution < 1.29 is 44.3 Å². The van der Waals surface area contributed by atoms with E-state index in [9.17, 15) is 15.3 Å². The van der Waals surface area contributed by atoms with Gasteiger partial charge in [0.2, 0.25) is 11.5 Å². The molecule has 164 valence electrons. The Morgan fingerprint density at radius 2 is 1.68 bits per heavy atom. The summed E-state index contributed by atoms with van der Waals surface area (Å²) in [5.74, 6) is -2.89. The third-order valence-electron chi connectivity index (χ3n) is 6.29. The molecule has 0 saturated carbocycles. The van der Waals surface area contributed by atoms with E-state index in [1.54, 1.807) is 6.07 Å². The number of anilines is 1. The summed E-state index contributed by atoms with van der Waals surface area (Å²) in [6.45, 7) is 0. The van der Waals surface area contributed by atoms with Crippen LogP contribution >= 0.6 is 0 Å². The Morgan fingerprint density at radius 3 is 2.23 bits per heavy atom. The van der Waals surface area contributed by atoms with Gasteiger partial charge >= 0.3 is 0 Å². The summed E-state index contributed by atoms with van der Waals surface area (Å²) in [7, 11) is 2.60. The van der Waals surface area contributed by atoms with Crippen LogP contribution in [0.25, 0.3) is 0 Å². The second kappa shape index (κ2) is 6.90. The fourth-order valence-corrected chi connectivity index (χ4v) is 4.79. The number of nitrogens with one attached hydrogen (secondary N) is 1. The molecule has 1 unspecified atom stereocenters. The van der Waals surface area contributed by atoms with E-state index >= 15 is 0 Å². The van der Waals surface area contributed by atoms with E-state index in [4.69, 9.17) is 38.1 Å².